The minimum absolute atomic E-state index is 0.226. The van der Waals surface area contributed by atoms with E-state index in [0.29, 0.717) is 18.0 Å². The van der Waals surface area contributed by atoms with Crippen molar-refractivity contribution in [1.82, 2.24) is 10.2 Å². The third kappa shape index (κ3) is 4.73. The SMILES string of the molecule is CC(C)(C)OC(=O)CCc1nnc(N)s1. The number of nitrogen functional groups attached to an aromatic ring is 1. The van der Waals surface area contributed by atoms with E-state index in [9.17, 15) is 4.79 Å². The fourth-order valence-corrected chi connectivity index (χ4v) is 1.58. The van der Waals surface area contributed by atoms with Crippen molar-refractivity contribution in [3.05, 3.63) is 5.01 Å². The summed E-state index contributed by atoms with van der Waals surface area (Å²) in [5, 5.41) is 8.67. The number of anilines is 1. The van der Waals surface area contributed by atoms with Crippen LogP contribution in [0.15, 0.2) is 0 Å². The van der Waals surface area contributed by atoms with E-state index in [4.69, 9.17) is 10.5 Å². The van der Waals surface area contributed by atoms with Crippen molar-refractivity contribution < 1.29 is 9.53 Å². The van der Waals surface area contributed by atoms with Crippen LogP contribution in [0.25, 0.3) is 0 Å². The zero-order valence-corrected chi connectivity index (χ0v) is 9.93. The van der Waals surface area contributed by atoms with Gasteiger partial charge < -0.3 is 10.5 Å². The number of esters is 1. The molecule has 0 atom stereocenters. The van der Waals surface area contributed by atoms with Gasteiger partial charge in [0.1, 0.15) is 10.6 Å². The number of nitrogens with zero attached hydrogens (tertiary/aromatic N) is 2. The van der Waals surface area contributed by atoms with Gasteiger partial charge in [-0.1, -0.05) is 11.3 Å². The largest absolute Gasteiger partial charge is 0.460 e. The van der Waals surface area contributed by atoms with Gasteiger partial charge in [0, 0.05) is 6.42 Å². The molecule has 6 heteroatoms. The molecule has 0 fully saturated rings. The van der Waals surface area contributed by atoms with E-state index in [0.717, 1.165) is 5.01 Å². The highest BCUT2D eigenvalue weighted by Gasteiger charge is 2.16. The minimum atomic E-state index is -0.433. The number of aryl methyl sites for hydroxylation is 1. The van der Waals surface area contributed by atoms with Gasteiger partial charge >= 0.3 is 5.97 Å². The second-order valence-electron chi connectivity index (χ2n) is 4.12. The van der Waals surface area contributed by atoms with Gasteiger partial charge in [0.25, 0.3) is 0 Å². The van der Waals surface area contributed by atoms with Crippen LogP contribution in [0, 0.1) is 0 Å². The molecule has 0 bridgehead atoms. The van der Waals surface area contributed by atoms with E-state index >= 15 is 0 Å². The Morgan fingerprint density at radius 3 is 2.60 bits per heavy atom. The lowest BCUT2D eigenvalue weighted by atomic mass is 10.2. The zero-order chi connectivity index (χ0) is 11.5. The predicted octanol–water partition coefficient (Wildman–Crippen LogP) is 1.39. The van der Waals surface area contributed by atoms with Crippen LogP contribution in [0.4, 0.5) is 5.13 Å². The quantitative estimate of drug-likeness (QED) is 0.792. The van der Waals surface area contributed by atoms with Crippen LogP contribution in [0.5, 0.6) is 0 Å². The van der Waals surface area contributed by atoms with E-state index in [1.54, 1.807) is 0 Å². The molecule has 0 amide bonds. The molecule has 1 rings (SSSR count). The van der Waals surface area contributed by atoms with E-state index in [1.807, 2.05) is 20.8 Å². The molecule has 1 heterocycles. The lowest BCUT2D eigenvalue weighted by molar-refractivity contribution is -0.154. The highest BCUT2D eigenvalue weighted by Crippen LogP contribution is 2.14. The number of hydrogen-bond acceptors (Lipinski definition) is 6. The summed E-state index contributed by atoms with van der Waals surface area (Å²) in [5.74, 6) is -0.226. The number of hydrogen-bond donors (Lipinski definition) is 1. The van der Waals surface area contributed by atoms with Crippen LogP contribution in [0.2, 0.25) is 0 Å². The van der Waals surface area contributed by atoms with E-state index in [2.05, 4.69) is 10.2 Å². The predicted molar refractivity (Wildman–Crippen MR) is 58.5 cm³/mol. The minimum Gasteiger partial charge on any atom is -0.460 e. The smallest absolute Gasteiger partial charge is 0.306 e. The average Bonchev–Trinajstić information content (AvgIpc) is 2.45. The van der Waals surface area contributed by atoms with Gasteiger partial charge in [-0.25, -0.2) is 0 Å². The van der Waals surface area contributed by atoms with Gasteiger partial charge in [0.15, 0.2) is 0 Å². The third-order valence-electron chi connectivity index (χ3n) is 1.45. The first-order valence-corrected chi connectivity index (χ1v) is 5.48. The number of rotatable bonds is 3. The van der Waals surface area contributed by atoms with Gasteiger partial charge in [-0.15, -0.1) is 10.2 Å². The molecule has 0 unspecified atom stereocenters. The molecular weight excluding hydrogens is 214 g/mol. The van der Waals surface area contributed by atoms with Crippen molar-refractivity contribution in [2.45, 2.75) is 39.2 Å². The maximum Gasteiger partial charge on any atom is 0.306 e. The van der Waals surface area contributed by atoms with E-state index in [-0.39, 0.29) is 5.97 Å². The van der Waals surface area contributed by atoms with Gasteiger partial charge in [-0.2, -0.15) is 0 Å². The fourth-order valence-electron chi connectivity index (χ4n) is 0.969. The summed E-state index contributed by atoms with van der Waals surface area (Å²) < 4.78 is 5.15. The van der Waals surface area contributed by atoms with E-state index < -0.39 is 5.60 Å². The Bertz CT molecular complexity index is 343. The van der Waals surface area contributed by atoms with Gasteiger partial charge in [0.05, 0.1) is 6.42 Å². The number of carbonyl (C=O) groups excluding carboxylic acids is 1. The summed E-state index contributed by atoms with van der Waals surface area (Å²) in [7, 11) is 0. The molecule has 2 N–H and O–H groups in total. The number of ether oxygens (including phenoxy) is 1. The third-order valence-corrected chi connectivity index (χ3v) is 2.26. The van der Waals surface area contributed by atoms with Crippen LogP contribution in [0.1, 0.15) is 32.2 Å². The molecular formula is C9H15N3O2S. The maximum atomic E-state index is 11.3. The number of nitrogens with two attached hydrogens (primary N) is 1. The Morgan fingerprint density at radius 2 is 2.13 bits per heavy atom. The molecule has 0 saturated carbocycles. The molecule has 0 spiro atoms. The second-order valence-corrected chi connectivity index (χ2v) is 5.21. The lowest BCUT2D eigenvalue weighted by Crippen LogP contribution is -2.23. The average molecular weight is 229 g/mol. The fraction of sp³-hybridized carbons (Fsp3) is 0.667. The summed E-state index contributed by atoms with van der Waals surface area (Å²) in [4.78, 5) is 11.3. The molecule has 1 aromatic rings. The molecule has 0 aliphatic carbocycles. The van der Waals surface area contributed by atoms with Crippen LogP contribution < -0.4 is 5.73 Å². The van der Waals surface area contributed by atoms with E-state index in [1.165, 1.54) is 11.3 Å². The summed E-state index contributed by atoms with van der Waals surface area (Å²) in [6.45, 7) is 5.52. The Labute approximate surface area is 92.6 Å². The molecule has 0 aromatic carbocycles. The highest BCUT2D eigenvalue weighted by molar-refractivity contribution is 7.15. The molecule has 0 aliphatic heterocycles. The van der Waals surface area contributed by atoms with Crippen LogP contribution >= 0.6 is 11.3 Å². The van der Waals surface area contributed by atoms with Crippen LogP contribution in [-0.4, -0.2) is 21.8 Å². The molecule has 0 radical (unpaired) electrons. The van der Waals surface area contributed by atoms with Gasteiger partial charge in [0.2, 0.25) is 5.13 Å². The molecule has 0 aliphatic rings. The topological polar surface area (TPSA) is 78.1 Å². The number of aromatic nitrogens is 2. The summed E-state index contributed by atoms with van der Waals surface area (Å²) >= 11 is 1.30. The molecule has 0 saturated heterocycles. The Balaban J connectivity index is 2.35. The van der Waals surface area contributed by atoms with Crippen molar-refractivity contribution >= 4 is 22.4 Å². The van der Waals surface area contributed by atoms with Crippen molar-refractivity contribution in [2.75, 3.05) is 5.73 Å². The lowest BCUT2D eigenvalue weighted by Gasteiger charge is -2.19. The maximum absolute atomic E-state index is 11.3. The van der Waals surface area contributed by atoms with Crippen LogP contribution in [0.3, 0.4) is 0 Å². The van der Waals surface area contributed by atoms with Gasteiger partial charge in [-0.3, -0.25) is 4.79 Å². The monoisotopic (exact) mass is 229 g/mol. The molecule has 1 aromatic heterocycles. The molecule has 84 valence electrons. The first kappa shape index (κ1) is 11.9. The standard InChI is InChI=1S/C9H15N3O2S/c1-9(2,3)14-7(13)5-4-6-11-12-8(10)15-6/h4-5H2,1-3H3,(H2,10,12). The van der Waals surface area contributed by atoms with Crippen molar-refractivity contribution in [1.29, 1.82) is 0 Å². The van der Waals surface area contributed by atoms with Crippen molar-refractivity contribution in [3.8, 4) is 0 Å². The summed E-state index contributed by atoms with van der Waals surface area (Å²) in [6.07, 6.45) is 0.843. The van der Waals surface area contributed by atoms with Crippen molar-refractivity contribution in [3.63, 3.8) is 0 Å². The van der Waals surface area contributed by atoms with Crippen LogP contribution in [-0.2, 0) is 16.0 Å². The first-order valence-electron chi connectivity index (χ1n) is 4.66. The highest BCUT2D eigenvalue weighted by atomic mass is 32.1. The summed E-state index contributed by atoms with van der Waals surface area (Å²) in [5.41, 5.74) is 4.98. The molecule has 5 nitrogen and oxygen atoms in total. The number of carbonyl (C=O) groups is 1. The Kier molecular flexibility index (Phi) is 3.62. The Morgan fingerprint density at radius 1 is 1.47 bits per heavy atom. The molecule has 15 heavy (non-hydrogen) atoms. The Hall–Kier alpha value is -1.17. The summed E-state index contributed by atoms with van der Waals surface area (Å²) in [6, 6.07) is 0. The normalized spacial score (nSPS) is 11.4. The van der Waals surface area contributed by atoms with Crippen molar-refractivity contribution in [2.24, 2.45) is 0 Å². The first-order chi connectivity index (χ1) is 6.87. The second kappa shape index (κ2) is 4.57. The zero-order valence-electron chi connectivity index (χ0n) is 9.11. The van der Waals surface area contributed by atoms with Gasteiger partial charge in [-0.05, 0) is 20.8 Å².